The van der Waals surface area contributed by atoms with E-state index in [0.717, 1.165) is 29.7 Å². The van der Waals surface area contributed by atoms with Crippen LogP contribution in [0.15, 0.2) is 29.1 Å². The van der Waals surface area contributed by atoms with Crippen LogP contribution in [0.25, 0.3) is 12.2 Å². The Labute approximate surface area is 190 Å². The van der Waals surface area contributed by atoms with Crippen LogP contribution in [0.3, 0.4) is 0 Å². The normalized spacial score (nSPS) is 15.4. The predicted octanol–water partition coefficient (Wildman–Crippen LogP) is 1.65. The molecule has 7 nitrogen and oxygen atoms in total. The number of hydrogen-bond donors (Lipinski definition) is 1. The average molecular weight is 454 g/mol. The number of thiazole rings is 1. The molecule has 1 aliphatic carbocycles. The van der Waals surface area contributed by atoms with Gasteiger partial charge in [0.15, 0.2) is 0 Å². The molecule has 3 rings (SSSR count). The SMILES string of the molecule is CCOC(=O)/C=c1\s/c(=C/c2ccc(C#N)cc2)c(=O)n1CC(=O)NCC1CCCCC1. The number of amides is 1. The van der Waals surface area contributed by atoms with Crippen LogP contribution in [0.5, 0.6) is 0 Å². The van der Waals surface area contributed by atoms with Crippen molar-refractivity contribution in [3.63, 3.8) is 0 Å². The molecule has 168 valence electrons. The maximum absolute atomic E-state index is 13.0. The molecule has 1 heterocycles. The Morgan fingerprint density at radius 3 is 2.62 bits per heavy atom. The summed E-state index contributed by atoms with van der Waals surface area (Å²) in [5.74, 6) is -0.327. The number of carbonyl (C=O) groups excluding carboxylic acids is 2. The van der Waals surface area contributed by atoms with Crippen molar-refractivity contribution in [2.75, 3.05) is 13.2 Å². The summed E-state index contributed by atoms with van der Waals surface area (Å²) in [6.07, 6.45) is 8.80. The van der Waals surface area contributed by atoms with Crippen LogP contribution in [0.1, 0.15) is 50.2 Å². The van der Waals surface area contributed by atoms with Gasteiger partial charge in [-0.1, -0.05) is 31.4 Å². The van der Waals surface area contributed by atoms with E-state index in [-0.39, 0.29) is 24.6 Å². The Bertz CT molecular complexity index is 1170. The molecule has 1 amide bonds. The fraction of sp³-hybridized carbons (Fsp3) is 0.417. The molecule has 1 aromatic heterocycles. The van der Waals surface area contributed by atoms with Gasteiger partial charge in [0, 0.05) is 6.54 Å². The zero-order valence-corrected chi connectivity index (χ0v) is 19.0. The van der Waals surface area contributed by atoms with E-state index in [2.05, 4.69) is 11.4 Å². The first-order valence-electron chi connectivity index (χ1n) is 10.9. The zero-order valence-electron chi connectivity index (χ0n) is 18.1. The van der Waals surface area contributed by atoms with Gasteiger partial charge in [0.25, 0.3) is 5.56 Å². The Hall–Kier alpha value is -3.18. The second kappa shape index (κ2) is 11.4. The van der Waals surface area contributed by atoms with Crippen LogP contribution in [0, 0.1) is 17.2 Å². The molecule has 0 bridgehead atoms. The molecule has 0 aliphatic heterocycles. The fourth-order valence-corrected chi connectivity index (χ4v) is 4.76. The Balaban J connectivity index is 1.87. The minimum absolute atomic E-state index is 0.158. The minimum atomic E-state index is -0.560. The Kier molecular flexibility index (Phi) is 8.40. The number of esters is 1. The lowest BCUT2D eigenvalue weighted by molar-refractivity contribution is -0.135. The van der Waals surface area contributed by atoms with Gasteiger partial charge in [-0.15, -0.1) is 11.3 Å². The lowest BCUT2D eigenvalue weighted by Crippen LogP contribution is -2.39. The van der Waals surface area contributed by atoms with Crippen molar-refractivity contribution in [3.05, 3.63) is 54.9 Å². The molecule has 32 heavy (non-hydrogen) atoms. The highest BCUT2D eigenvalue weighted by molar-refractivity contribution is 7.07. The van der Waals surface area contributed by atoms with E-state index in [9.17, 15) is 14.4 Å². The highest BCUT2D eigenvalue weighted by atomic mass is 32.1. The summed E-state index contributed by atoms with van der Waals surface area (Å²) in [6.45, 7) is 2.38. The topological polar surface area (TPSA) is 101 Å². The molecule has 0 atom stereocenters. The molecule has 1 aromatic carbocycles. The summed E-state index contributed by atoms with van der Waals surface area (Å²) in [5.41, 5.74) is 0.929. The van der Waals surface area contributed by atoms with Crippen LogP contribution >= 0.6 is 11.3 Å². The van der Waals surface area contributed by atoms with Crippen molar-refractivity contribution in [2.45, 2.75) is 45.6 Å². The van der Waals surface area contributed by atoms with Crippen LogP contribution in [-0.2, 0) is 20.9 Å². The summed E-state index contributed by atoms with van der Waals surface area (Å²) in [4.78, 5) is 37.6. The summed E-state index contributed by atoms with van der Waals surface area (Å²) >= 11 is 1.13. The third kappa shape index (κ3) is 6.41. The van der Waals surface area contributed by atoms with Crippen molar-refractivity contribution in [2.24, 2.45) is 5.92 Å². The second-order valence-corrected chi connectivity index (χ2v) is 8.84. The molecule has 0 radical (unpaired) electrons. The Morgan fingerprint density at radius 1 is 1.25 bits per heavy atom. The first-order chi connectivity index (χ1) is 15.5. The summed E-state index contributed by atoms with van der Waals surface area (Å²) < 4.78 is 7.05. The third-order valence-electron chi connectivity index (χ3n) is 5.42. The van der Waals surface area contributed by atoms with Gasteiger partial charge in [-0.2, -0.15) is 5.26 Å². The molecule has 1 fully saturated rings. The van der Waals surface area contributed by atoms with Gasteiger partial charge >= 0.3 is 5.97 Å². The highest BCUT2D eigenvalue weighted by Crippen LogP contribution is 2.22. The number of nitrogens with one attached hydrogen (secondary N) is 1. The standard InChI is InChI=1S/C24H27N3O4S/c1-2-31-23(29)13-22-27(16-21(28)26-15-19-6-4-3-5-7-19)24(30)20(32-22)12-17-8-10-18(14-25)11-9-17/h8-13,19H,2-7,15-16H2,1H3,(H,26,28)/b20-12+,22-13-. The van der Waals surface area contributed by atoms with Crippen LogP contribution in [0.2, 0.25) is 0 Å². The van der Waals surface area contributed by atoms with E-state index in [1.54, 1.807) is 37.3 Å². The highest BCUT2D eigenvalue weighted by Gasteiger charge is 2.16. The number of hydrogen-bond acceptors (Lipinski definition) is 6. The van der Waals surface area contributed by atoms with Crippen LogP contribution in [-0.4, -0.2) is 29.6 Å². The summed E-state index contributed by atoms with van der Waals surface area (Å²) in [7, 11) is 0. The largest absolute Gasteiger partial charge is 0.463 e. The number of ether oxygens (including phenoxy) is 1. The van der Waals surface area contributed by atoms with Gasteiger partial charge in [0.1, 0.15) is 11.2 Å². The van der Waals surface area contributed by atoms with Gasteiger partial charge < -0.3 is 10.1 Å². The molecular formula is C24H27N3O4S. The first-order valence-corrected chi connectivity index (χ1v) is 11.7. The second-order valence-electron chi connectivity index (χ2n) is 7.78. The number of benzene rings is 1. The van der Waals surface area contributed by atoms with Gasteiger partial charge in [-0.05, 0) is 49.5 Å². The Morgan fingerprint density at radius 2 is 1.97 bits per heavy atom. The van der Waals surface area contributed by atoms with E-state index in [1.807, 2.05) is 0 Å². The smallest absolute Gasteiger partial charge is 0.333 e. The third-order valence-corrected chi connectivity index (χ3v) is 6.48. The van der Waals surface area contributed by atoms with Crippen LogP contribution < -0.4 is 20.1 Å². The molecule has 1 saturated carbocycles. The maximum Gasteiger partial charge on any atom is 0.333 e. The van der Waals surface area contributed by atoms with Gasteiger partial charge in [-0.3, -0.25) is 14.2 Å². The molecule has 1 N–H and O–H groups in total. The minimum Gasteiger partial charge on any atom is -0.463 e. The van der Waals surface area contributed by atoms with Crippen molar-refractivity contribution in [1.29, 1.82) is 5.26 Å². The number of nitrogens with zero attached hydrogens (tertiary/aromatic N) is 2. The summed E-state index contributed by atoms with van der Waals surface area (Å²) in [5, 5.41) is 11.9. The number of nitriles is 1. The van der Waals surface area contributed by atoms with Gasteiger partial charge in [0.2, 0.25) is 5.91 Å². The molecule has 0 spiro atoms. The van der Waals surface area contributed by atoms with Crippen LogP contribution in [0.4, 0.5) is 0 Å². The predicted molar refractivity (Wildman–Crippen MR) is 123 cm³/mol. The van der Waals surface area contributed by atoms with Gasteiger partial charge in [-0.25, -0.2) is 4.79 Å². The quantitative estimate of drug-likeness (QED) is 0.643. The number of carbonyl (C=O) groups is 2. The zero-order chi connectivity index (χ0) is 22.9. The molecule has 2 aromatic rings. The van der Waals surface area contributed by atoms with E-state index in [0.29, 0.717) is 27.2 Å². The van der Waals surface area contributed by atoms with Crippen molar-refractivity contribution < 1.29 is 14.3 Å². The van der Waals surface area contributed by atoms with E-state index >= 15 is 0 Å². The van der Waals surface area contributed by atoms with Gasteiger partial charge in [0.05, 0.1) is 28.8 Å². The summed E-state index contributed by atoms with van der Waals surface area (Å²) in [6, 6.07) is 8.88. The molecule has 0 saturated heterocycles. The van der Waals surface area contributed by atoms with Crippen molar-refractivity contribution in [1.82, 2.24) is 9.88 Å². The lowest BCUT2D eigenvalue weighted by Gasteiger charge is -2.21. The molecular weight excluding hydrogens is 426 g/mol. The number of rotatable bonds is 7. The van der Waals surface area contributed by atoms with Crippen molar-refractivity contribution in [3.8, 4) is 6.07 Å². The molecule has 1 aliphatic rings. The van der Waals surface area contributed by atoms with E-state index in [1.165, 1.54) is 29.9 Å². The number of aromatic nitrogens is 1. The average Bonchev–Trinajstić information content (AvgIpc) is 3.07. The molecule has 0 unspecified atom stereocenters. The fourth-order valence-electron chi connectivity index (χ4n) is 3.73. The maximum atomic E-state index is 13.0. The van der Waals surface area contributed by atoms with Crippen molar-refractivity contribution >= 4 is 35.4 Å². The first kappa shape index (κ1) is 23.5. The monoisotopic (exact) mass is 453 g/mol. The van der Waals surface area contributed by atoms with E-state index < -0.39 is 5.97 Å². The molecule has 8 heteroatoms. The lowest BCUT2D eigenvalue weighted by atomic mass is 9.89. The van der Waals surface area contributed by atoms with E-state index in [4.69, 9.17) is 10.00 Å².